The molecule has 0 saturated carbocycles. The molecule has 3 rings (SSSR count). The van der Waals surface area contributed by atoms with Crippen LogP contribution in [0.2, 0.25) is 0 Å². The van der Waals surface area contributed by atoms with E-state index in [0.717, 1.165) is 28.1 Å². The number of hydrogen-bond donors (Lipinski definition) is 3. The van der Waals surface area contributed by atoms with E-state index in [1.165, 1.54) is 6.08 Å². The van der Waals surface area contributed by atoms with Crippen LogP contribution in [0.25, 0.3) is 6.08 Å². The molecule has 0 fully saturated rings. The number of ether oxygens (including phenoxy) is 1. The molecule has 0 aliphatic rings. The maximum Gasteiger partial charge on any atom is 0.330 e. The highest BCUT2D eigenvalue weighted by molar-refractivity contribution is 5.87. The van der Waals surface area contributed by atoms with E-state index in [-0.39, 0.29) is 5.97 Å². The second kappa shape index (κ2) is 10.2. The van der Waals surface area contributed by atoms with Crippen LogP contribution in [-0.2, 0) is 9.53 Å². The fourth-order valence-electron chi connectivity index (χ4n) is 2.94. The Hall–Kier alpha value is -3.94. The van der Waals surface area contributed by atoms with Gasteiger partial charge in [0.05, 0.1) is 6.61 Å². The summed E-state index contributed by atoms with van der Waals surface area (Å²) in [6.45, 7) is 6.22. The molecule has 1 aromatic heterocycles. The van der Waals surface area contributed by atoms with Crippen LogP contribution in [0.3, 0.4) is 0 Å². The zero-order valence-corrected chi connectivity index (χ0v) is 18.1. The highest BCUT2D eigenvalue weighted by Crippen LogP contribution is 2.21. The minimum absolute atomic E-state index is 0.354. The molecular weight excluding hydrogens is 392 g/mol. The molecule has 0 radical (unpaired) electrons. The number of carbonyl (C=O) groups excluding carboxylic acids is 1. The second-order valence-electron chi connectivity index (χ2n) is 6.89. The Morgan fingerprint density at radius 2 is 1.48 bits per heavy atom. The lowest BCUT2D eigenvalue weighted by Gasteiger charge is -2.11. The van der Waals surface area contributed by atoms with Crippen molar-refractivity contribution in [1.29, 1.82) is 0 Å². The fraction of sp³-hybridized carbons (Fsp3) is 0.217. The van der Waals surface area contributed by atoms with Gasteiger partial charge in [0.25, 0.3) is 0 Å². The van der Waals surface area contributed by atoms with Crippen LogP contribution in [-0.4, -0.2) is 34.6 Å². The Kier molecular flexibility index (Phi) is 7.16. The van der Waals surface area contributed by atoms with Crippen LogP contribution in [0.1, 0.15) is 23.6 Å². The third-order valence-electron chi connectivity index (χ3n) is 4.20. The number of esters is 1. The third-order valence-corrected chi connectivity index (χ3v) is 4.20. The van der Waals surface area contributed by atoms with Crippen molar-refractivity contribution in [2.75, 3.05) is 29.6 Å². The number of hydrogen-bond acceptors (Lipinski definition) is 8. The Morgan fingerprint density at radius 3 is 2.06 bits per heavy atom. The predicted molar refractivity (Wildman–Crippen MR) is 124 cm³/mol. The summed E-state index contributed by atoms with van der Waals surface area (Å²) in [6.07, 6.45) is 3.11. The first-order chi connectivity index (χ1) is 14.9. The lowest BCUT2D eigenvalue weighted by Crippen LogP contribution is -2.07. The Morgan fingerprint density at radius 1 is 0.903 bits per heavy atom. The van der Waals surface area contributed by atoms with Crippen LogP contribution < -0.4 is 16.0 Å². The van der Waals surface area contributed by atoms with Gasteiger partial charge in [0, 0.05) is 24.5 Å². The van der Waals surface area contributed by atoms with E-state index in [1.807, 2.05) is 50.2 Å². The van der Waals surface area contributed by atoms with Crippen molar-refractivity contribution in [3.63, 3.8) is 0 Å². The van der Waals surface area contributed by atoms with Crippen molar-refractivity contribution in [1.82, 2.24) is 15.0 Å². The summed E-state index contributed by atoms with van der Waals surface area (Å²) < 4.78 is 4.88. The topological polar surface area (TPSA) is 101 Å². The Bertz CT molecular complexity index is 1060. The van der Waals surface area contributed by atoms with Gasteiger partial charge in [-0.3, -0.25) is 0 Å². The van der Waals surface area contributed by atoms with Gasteiger partial charge in [-0.1, -0.05) is 18.2 Å². The number of benzene rings is 2. The minimum atomic E-state index is -0.363. The van der Waals surface area contributed by atoms with E-state index < -0.39 is 0 Å². The highest BCUT2D eigenvalue weighted by atomic mass is 16.5. The highest BCUT2D eigenvalue weighted by Gasteiger charge is 2.07. The van der Waals surface area contributed by atoms with Gasteiger partial charge in [-0.05, 0) is 67.8 Å². The van der Waals surface area contributed by atoms with Crippen LogP contribution in [0.15, 0.2) is 48.5 Å². The van der Waals surface area contributed by atoms with Crippen molar-refractivity contribution in [3.8, 4) is 0 Å². The molecule has 0 saturated heterocycles. The first-order valence-corrected chi connectivity index (χ1v) is 9.96. The summed E-state index contributed by atoms with van der Waals surface area (Å²) in [7, 11) is 1.75. The normalized spacial score (nSPS) is 10.7. The molecule has 3 aromatic rings. The molecule has 3 N–H and O–H groups in total. The number of aryl methyl sites for hydroxylation is 2. The minimum Gasteiger partial charge on any atom is -0.463 e. The molecule has 2 aromatic carbocycles. The number of rotatable bonds is 8. The van der Waals surface area contributed by atoms with Crippen LogP contribution in [0, 0.1) is 13.8 Å². The number of carbonyl (C=O) groups is 1. The molecule has 8 heteroatoms. The summed E-state index contributed by atoms with van der Waals surface area (Å²) in [5, 5.41) is 9.37. The molecule has 1 heterocycles. The third kappa shape index (κ3) is 6.53. The molecule has 0 amide bonds. The summed E-state index contributed by atoms with van der Waals surface area (Å²) in [5.74, 6) is 0.915. The molecular formula is C23H26N6O2. The molecule has 0 atom stereocenters. The molecule has 0 spiro atoms. The maximum absolute atomic E-state index is 11.4. The van der Waals surface area contributed by atoms with Crippen molar-refractivity contribution >= 4 is 41.3 Å². The summed E-state index contributed by atoms with van der Waals surface area (Å²) >= 11 is 0. The molecule has 0 unspecified atom stereocenters. The number of aromatic nitrogens is 3. The summed E-state index contributed by atoms with van der Waals surface area (Å²) in [5.41, 5.74) is 4.90. The maximum atomic E-state index is 11.4. The Labute approximate surface area is 181 Å². The van der Waals surface area contributed by atoms with E-state index >= 15 is 0 Å². The second-order valence-corrected chi connectivity index (χ2v) is 6.89. The van der Waals surface area contributed by atoms with Gasteiger partial charge in [-0.2, -0.15) is 15.0 Å². The van der Waals surface area contributed by atoms with Gasteiger partial charge in [0.15, 0.2) is 0 Å². The van der Waals surface area contributed by atoms with Gasteiger partial charge in [0.1, 0.15) is 0 Å². The SMILES string of the molecule is CCOC(=O)C=Cc1ccc(Nc2nc(NC)nc(Nc3cc(C)cc(C)c3)n2)cc1. The van der Waals surface area contributed by atoms with E-state index in [2.05, 4.69) is 37.0 Å². The van der Waals surface area contributed by atoms with Crippen LogP contribution >= 0.6 is 0 Å². The van der Waals surface area contributed by atoms with E-state index in [1.54, 1.807) is 20.0 Å². The summed E-state index contributed by atoms with van der Waals surface area (Å²) in [6, 6.07) is 13.7. The number of nitrogens with zero attached hydrogens (tertiary/aromatic N) is 3. The monoisotopic (exact) mass is 418 g/mol. The van der Waals surface area contributed by atoms with Crippen LogP contribution in [0.4, 0.5) is 29.2 Å². The van der Waals surface area contributed by atoms with Crippen molar-refractivity contribution in [2.24, 2.45) is 0 Å². The molecule has 0 aliphatic carbocycles. The van der Waals surface area contributed by atoms with Crippen LogP contribution in [0.5, 0.6) is 0 Å². The molecule has 0 bridgehead atoms. The van der Waals surface area contributed by atoms with Crippen molar-refractivity contribution in [2.45, 2.75) is 20.8 Å². The summed E-state index contributed by atoms with van der Waals surface area (Å²) in [4.78, 5) is 24.7. The first-order valence-electron chi connectivity index (χ1n) is 9.96. The molecule has 0 aliphatic heterocycles. The van der Waals surface area contributed by atoms with Gasteiger partial charge < -0.3 is 20.7 Å². The average Bonchev–Trinajstić information content (AvgIpc) is 2.72. The fourth-order valence-corrected chi connectivity index (χ4v) is 2.94. The van der Waals surface area contributed by atoms with E-state index in [9.17, 15) is 4.79 Å². The smallest absolute Gasteiger partial charge is 0.330 e. The van der Waals surface area contributed by atoms with E-state index in [0.29, 0.717) is 24.5 Å². The first kappa shape index (κ1) is 21.8. The van der Waals surface area contributed by atoms with Crippen molar-refractivity contribution in [3.05, 3.63) is 65.2 Å². The largest absolute Gasteiger partial charge is 0.463 e. The van der Waals surface area contributed by atoms with Gasteiger partial charge in [-0.15, -0.1) is 0 Å². The van der Waals surface area contributed by atoms with Gasteiger partial charge in [0.2, 0.25) is 17.8 Å². The number of anilines is 5. The quantitative estimate of drug-likeness (QED) is 0.361. The number of nitrogens with one attached hydrogen (secondary N) is 3. The zero-order valence-electron chi connectivity index (χ0n) is 18.1. The lowest BCUT2D eigenvalue weighted by atomic mass is 10.1. The Balaban J connectivity index is 1.75. The molecule has 31 heavy (non-hydrogen) atoms. The zero-order chi connectivity index (χ0) is 22.2. The predicted octanol–water partition coefficient (Wildman–Crippen LogP) is 4.59. The van der Waals surface area contributed by atoms with Gasteiger partial charge >= 0.3 is 5.97 Å². The molecule has 160 valence electrons. The standard InChI is InChI=1S/C23H26N6O2/c1-5-31-20(30)11-8-17-6-9-18(10-7-17)25-22-27-21(24-4)28-23(29-22)26-19-13-15(2)12-16(3)14-19/h6-14H,5H2,1-4H3,(H3,24,25,26,27,28,29). The molecule has 8 nitrogen and oxygen atoms in total. The van der Waals surface area contributed by atoms with Crippen molar-refractivity contribution < 1.29 is 9.53 Å². The van der Waals surface area contributed by atoms with E-state index in [4.69, 9.17) is 4.74 Å². The lowest BCUT2D eigenvalue weighted by molar-refractivity contribution is -0.137. The van der Waals surface area contributed by atoms with Gasteiger partial charge in [-0.25, -0.2) is 4.79 Å². The average molecular weight is 419 g/mol.